The van der Waals surface area contributed by atoms with Crippen molar-refractivity contribution in [2.45, 2.75) is 24.8 Å². The molecular formula is C26H30N2O7S. The lowest BCUT2D eigenvalue weighted by Gasteiger charge is -2.17. The van der Waals surface area contributed by atoms with Gasteiger partial charge in [-0.05, 0) is 80.1 Å². The number of carbonyl (C=O) groups is 1. The van der Waals surface area contributed by atoms with Crippen LogP contribution in [0.3, 0.4) is 0 Å². The highest BCUT2D eigenvalue weighted by Crippen LogP contribution is 2.30. The third-order valence-corrected chi connectivity index (χ3v) is 6.60. The molecule has 0 aliphatic heterocycles. The van der Waals surface area contributed by atoms with Gasteiger partial charge in [0.1, 0.15) is 11.5 Å². The number of nitrogens with one attached hydrogen (secondary N) is 2. The summed E-state index contributed by atoms with van der Waals surface area (Å²) in [6.07, 6.45) is 0. The topological polar surface area (TPSA) is 112 Å². The number of hydrogen-bond acceptors (Lipinski definition) is 7. The Hall–Kier alpha value is -3.92. The summed E-state index contributed by atoms with van der Waals surface area (Å²) in [4.78, 5) is 12.4. The van der Waals surface area contributed by atoms with Crippen LogP contribution in [0.5, 0.6) is 23.0 Å². The molecule has 1 unspecified atom stereocenters. The van der Waals surface area contributed by atoms with Gasteiger partial charge in [-0.1, -0.05) is 6.07 Å². The Morgan fingerprint density at radius 3 is 2.08 bits per heavy atom. The first-order chi connectivity index (χ1) is 17.2. The van der Waals surface area contributed by atoms with E-state index >= 15 is 0 Å². The number of benzene rings is 3. The Bertz CT molecular complexity index is 1260. The molecule has 1 atom stereocenters. The fourth-order valence-corrected chi connectivity index (χ4v) is 4.41. The number of sulfonamides is 1. The van der Waals surface area contributed by atoms with E-state index in [1.807, 2.05) is 19.9 Å². The third-order valence-electron chi connectivity index (χ3n) is 5.21. The van der Waals surface area contributed by atoms with Crippen molar-refractivity contribution in [1.82, 2.24) is 5.32 Å². The van der Waals surface area contributed by atoms with E-state index in [1.54, 1.807) is 50.6 Å². The van der Waals surface area contributed by atoms with E-state index < -0.39 is 10.0 Å². The zero-order chi connectivity index (χ0) is 26.1. The molecular weight excluding hydrogens is 484 g/mol. The molecule has 0 spiro atoms. The number of hydrogen-bond donors (Lipinski definition) is 2. The number of amides is 1. The molecule has 0 saturated heterocycles. The quantitative estimate of drug-likeness (QED) is 0.373. The van der Waals surface area contributed by atoms with Crippen LogP contribution in [-0.4, -0.2) is 41.8 Å². The average molecular weight is 515 g/mol. The van der Waals surface area contributed by atoms with Crippen LogP contribution in [0.15, 0.2) is 71.6 Å². The lowest BCUT2D eigenvalue weighted by atomic mass is 10.1. The summed E-state index contributed by atoms with van der Waals surface area (Å²) in [5, 5.41) is 2.85. The van der Waals surface area contributed by atoms with Crippen LogP contribution in [0, 0.1) is 0 Å². The fourth-order valence-electron chi connectivity index (χ4n) is 3.35. The maximum atomic E-state index is 12.7. The lowest BCUT2D eigenvalue weighted by Crippen LogP contribution is -2.31. The fraction of sp³-hybridized carbons (Fsp3) is 0.269. The van der Waals surface area contributed by atoms with Crippen molar-refractivity contribution in [3.8, 4) is 23.0 Å². The first kappa shape index (κ1) is 26.7. The second-order valence-electron chi connectivity index (χ2n) is 7.73. The Kier molecular flexibility index (Phi) is 9.02. The van der Waals surface area contributed by atoms with Crippen molar-refractivity contribution in [1.29, 1.82) is 0 Å². The molecule has 0 aliphatic carbocycles. The number of ether oxygens (including phenoxy) is 4. The molecule has 0 saturated carbocycles. The van der Waals surface area contributed by atoms with Gasteiger partial charge in [0.25, 0.3) is 15.9 Å². The molecule has 0 bridgehead atoms. The monoisotopic (exact) mass is 514 g/mol. The molecule has 2 N–H and O–H groups in total. The molecule has 3 aromatic rings. The minimum atomic E-state index is -3.79. The third kappa shape index (κ3) is 7.05. The van der Waals surface area contributed by atoms with Crippen LogP contribution in [0.2, 0.25) is 0 Å². The van der Waals surface area contributed by atoms with Crippen molar-refractivity contribution < 1.29 is 32.2 Å². The van der Waals surface area contributed by atoms with Crippen LogP contribution in [-0.2, 0) is 14.8 Å². The summed E-state index contributed by atoms with van der Waals surface area (Å²) in [7, 11) is -0.686. The van der Waals surface area contributed by atoms with E-state index in [-0.39, 0.29) is 23.5 Å². The SMILES string of the molecule is CCOc1ccc(NS(=O)(=O)c2ccc(OCC(=O)NC(C)c3ccc(OC)c(OC)c3)cc2)cc1. The van der Waals surface area contributed by atoms with Crippen LogP contribution < -0.4 is 29.0 Å². The first-order valence-corrected chi connectivity index (χ1v) is 12.7. The molecule has 0 aromatic heterocycles. The van der Waals surface area contributed by atoms with E-state index in [2.05, 4.69) is 10.0 Å². The molecule has 3 aromatic carbocycles. The number of anilines is 1. The first-order valence-electron chi connectivity index (χ1n) is 11.3. The van der Waals surface area contributed by atoms with Gasteiger partial charge in [0.2, 0.25) is 0 Å². The molecule has 3 rings (SSSR count). The Morgan fingerprint density at radius 1 is 0.861 bits per heavy atom. The van der Waals surface area contributed by atoms with Gasteiger partial charge >= 0.3 is 0 Å². The Labute approximate surface area is 211 Å². The van der Waals surface area contributed by atoms with Gasteiger partial charge < -0.3 is 24.3 Å². The minimum Gasteiger partial charge on any atom is -0.494 e. The van der Waals surface area contributed by atoms with Crippen molar-refractivity contribution in [3.05, 3.63) is 72.3 Å². The molecule has 1 amide bonds. The zero-order valence-electron chi connectivity index (χ0n) is 20.6. The van der Waals surface area contributed by atoms with Gasteiger partial charge in [0.15, 0.2) is 18.1 Å². The Balaban J connectivity index is 1.54. The van der Waals surface area contributed by atoms with E-state index in [0.717, 1.165) is 5.56 Å². The van der Waals surface area contributed by atoms with Gasteiger partial charge in [0, 0.05) is 5.69 Å². The van der Waals surface area contributed by atoms with Crippen molar-refractivity contribution in [2.24, 2.45) is 0 Å². The standard InChI is InChI=1S/C26H30N2O7S/c1-5-34-21-9-7-20(8-10-21)28-36(30,31)23-13-11-22(12-14-23)35-17-26(29)27-18(2)19-6-15-24(32-3)25(16-19)33-4/h6-16,18,28H,5,17H2,1-4H3,(H,27,29). The molecule has 0 radical (unpaired) electrons. The van der Waals surface area contributed by atoms with Crippen molar-refractivity contribution in [3.63, 3.8) is 0 Å². The molecule has 192 valence electrons. The van der Waals surface area contributed by atoms with E-state index in [1.165, 1.54) is 24.3 Å². The highest BCUT2D eigenvalue weighted by Gasteiger charge is 2.16. The largest absolute Gasteiger partial charge is 0.494 e. The zero-order valence-corrected chi connectivity index (χ0v) is 21.4. The van der Waals surface area contributed by atoms with E-state index in [9.17, 15) is 13.2 Å². The highest BCUT2D eigenvalue weighted by atomic mass is 32.2. The predicted molar refractivity (Wildman–Crippen MR) is 136 cm³/mol. The van der Waals surface area contributed by atoms with Crippen LogP contribution in [0.1, 0.15) is 25.5 Å². The second-order valence-corrected chi connectivity index (χ2v) is 9.41. The Morgan fingerprint density at radius 2 is 1.47 bits per heavy atom. The summed E-state index contributed by atoms with van der Waals surface area (Å²) in [5.41, 5.74) is 1.26. The molecule has 9 nitrogen and oxygen atoms in total. The molecule has 10 heteroatoms. The normalized spacial score (nSPS) is 11.8. The summed E-state index contributed by atoms with van der Waals surface area (Å²) in [5.74, 6) is 1.86. The average Bonchev–Trinajstić information content (AvgIpc) is 2.88. The van der Waals surface area contributed by atoms with Crippen molar-refractivity contribution in [2.75, 3.05) is 32.2 Å². The predicted octanol–water partition coefficient (Wildman–Crippen LogP) is 4.16. The van der Waals surface area contributed by atoms with Crippen LogP contribution >= 0.6 is 0 Å². The molecule has 0 heterocycles. The summed E-state index contributed by atoms with van der Waals surface area (Å²) in [6.45, 7) is 4.01. The summed E-state index contributed by atoms with van der Waals surface area (Å²) >= 11 is 0. The number of rotatable bonds is 12. The van der Waals surface area contributed by atoms with Crippen LogP contribution in [0.4, 0.5) is 5.69 Å². The van der Waals surface area contributed by atoms with Crippen LogP contribution in [0.25, 0.3) is 0 Å². The van der Waals surface area contributed by atoms with Gasteiger partial charge in [-0.2, -0.15) is 0 Å². The highest BCUT2D eigenvalue weighted by molar-refractivity contribution is 7.92. The lowest BCUT2D eigenvalue weighted by molar-refractivity contribution is -0.123. The van der Waals surface area contributed by atoms with Gasteiger partial charge in [-0.3, -0.25) is 9.52 Å². The number of methoxy groups -OCH3 is 2. The minimum absolute atomic E-state index is 0.0651. The summed E-state index contributed by atoms with van der Waals surface area (Å²) < 4.78 is 49.3. The van der Waals surface area contributed by atoms with Gasteiger partial charge in [-0.15, -0.1) is 0 Å². The van der Waals surface area contributed by atoms with Gasteiger partial charge in [-0.25, -0.2) is 8.42 Å². The van der Waals surface area contributed by atoms with Gasteiger partial charge in [0.05, 0.1) is 31.8 Å². The van der Waals surface area contributed by atoms with Crippen molar-refractivity contribution >= 4 is 21.6 Å². The molecule has 36 heavy (non-hydrogen) atoms. The van der Waals surface area contributed by atoms with E-state index in [0.29, 0.717) is 35.3 Å². The number of carbonyl (C=O) groups excluding carboxylic acids is 1. The second kappa shape index (κ2) is 12.2. The maximum Gasteiger partial charge on any atom is 0.261 e. The summed E-state index contributed by atoms with van der Waals surface area (Å²) in [6, 6.07) is 17.6. The molecule has 0 aliphatic rings. The van der Waals surface area contributed by atoms with E-state index in [4.69, 9.17) is 18.9 Å². The maximum absolute atomic E-state index is 12.7. The molecule has 0 fully saturated rings. The smallest absolute Gasteiger partial charge is 0.261 e.